The predicted octanol–water partition coefficient (Wildman–Crippen LogP) is 3.43. The van der Waals surface area contributed by atoms with Crippen LogP contribution in [-0.2, 0) is 9.53 Å². The molecular formula is C17H20F3NO6. The van der Waals surface area contributed by atoms with Crippen LogP contribution in [0.25, 0.3) is 0 Å². The standard InChI is InChI=1S/C17H20F3NO6/c1-16(2,3)27-15(24)21-9-12(8-13(21)14(22)23)25-10-4-6-11(7-5-10)26-17(18,19)20/h4-7,12-13H,8-9H2,1-3H3,(H,22,23). The number of carboxylic acids is 1. The van der Waals surface area contributed by atoms with E-state index in [0.717, 1.165) is 17.0 Å². The Hall–Kier alpha value is -2.65. The SMILES string of the molecule is CC(C)(C)OC(=O)N1CC(Oc2ccc(OC(F)(F)F)cc2)CC1C(=O)O. The first-order chi connectivity index (χ1) is 12.3. The third kappa shape index (κ3) is 6.22. The molecule has 0 radical (unpaired) electrons. The monoisotopic (exact) mass is 391 g/mol. The van der Waals surface area contributed by atoms with Crippen molar-refractivity contribution < 1.29 is 42.1 Å². The first-order valence-corrected chi connectivity index (χ1v) is 8.09. The summed E-state index contributed by atoms with van der Waals surface area (Å²) in [6.07, 6.45) is -6.19. The molecule has 1 heterocycles. The molecule has 0 spiro atoms. The van der Waals surface area contributed by atoms with Crippen LogP contribution in [0.3, 0.4) is 0 Å². The molecule has 1 N–H and O–H groups in total. The van der Waals surface area contributed by atoms with Crippen molar-refractivity contribution in [1.29, 1.82) is 0 Å². The van der Waals surface area contributed by atoms with E-state index in [1.165, 1.54) is 12.1 Å². The number of benzene rings is 1. The van der Waals surface area contributed by atoms with Crippen molar-refractivity contribution in [2.45, 2.75) is 51.3 Å². The molecule has 150 valence electrons. The van der Waals surface area contributed by atoms with Gasteiger partial charge in [-0.05, 0) is 45.0 Å². The van der Waals surface area contributed by atoms with Crippen LogP contribution >= 0.6 is 0 Å². The van der Waals surface area contributed by atoms with Crippen LogP contribution in [-0.4, -0.2) is 52.7 Å². The number of likely N-dealkylation sites (tertiary alicyclic amines) is 1. The maximum absolute atomic E-state index is 12.2. The van der Waals surface area contributed by atoms with E-state index in [0.29, 0.717) is 0 Å². The van der Waals surface area contributed by atoms with Crippen molar-refractivity contribution in [3.63, 3.8) is 0 Å². The summed E-state index contributed by atoms with van der Waals surface area (Å²) in [6, 6.07) is 3.59. The molecule has 7 nitrogen and oxygen atoms in total. The lowest BCUT2D eigenvalue weighted by molar-refractivity contribution is -0.274. The summed E-state index contributed by atoms with van der Waals surface area (Å²) >= 11 is 0. The van der Waals surface area contributed by atoms with Gasteiger partial charge in [-0.2, -0.15) is 0 Å². The number of nitrogens with zero attached hydrogens (tertiary/aromatic N) is 1. The molecular weight excluding hydrogens is 371 g/mol. The van der Waals surface area contributed by atoms with E-state index in [2.05, 4.69) is 4.74 Å². The summed E-state index contributed by atoms with van der Waals surface area (Å²) in [4.78, 5) is 24.7. The van der Waals surface area contributed by atoms with Crippen LogP contribution in [0.2, 0.25) is 0 Å². The maximum atomic E-state index is 12.2. The number of amides is 1. The highest BCUT2D eigenvalue weighted by Gasteiger charge is 2.42. The minimum Gasteiger partial charge on any atom is -0.488 e. The number of alkyl halides is 3. The lowest BCUT2D eigenvalue weighted by Gasteiger charge is -2.26. The van der Waals surface area contributed by atoms with E-state index in [1.807, 2.05) is 0 Å². The Balaban J connectivity index is 2.03. The lowest BCUT2D eigenvalue weighted by atomic mass is 10.2. The van der Waals surface area contributed by atoms with Crippen LogP contribution in [0.5, 0.6) is 11.5 Å². The molecule has 2 unspecified atom stereocenters. The molecule has 1 fully saturated rings. The van der Waals surface area contributed by atoms with E-state index in [1.54, 1.807) is 20.8 Å². The molecule has 1 amide bonds. The molecule has 2 rings (SSSR count). The molecule has 1 saturated heterocycles. The highest BCUT2D eigenvalue weighted by Crippen LogP contribution is 2.28. The van der Waals surface area contributed by atoms with Crippen molar-refractivity contribution in [1.82, 2.24) is 4.90 Å². The summed E-state index contributed by atoms with van der Waals surface area (Å²) in [5.74, 6) is -1.37. The Labute approximate surface area is 153 Å². The van der Waals surface area contributed by atoms with Gasteiger partial charge in [-0.1, -0.05) is 0 Å². The Morgan fingerprint density at radius 1 is 1.11 bits per heavy atom. The molecule has 1 aliphatic heterocycles. The molecule has 0 aliphatic carbocycles. The maximum Gasteiger partial charge on any atom is 0.573 e. The number of aliphatic carboxylic acids is 1. The zero-order valence-corrected chi connectivity index (χ0v) is 14.9. The minimum absolute atomic E-state index is 0.0211. The highest BCUT2D eigenvalue weighted by atomic mass is 19.4. The number of hydrogen-bond donors (Lipinski definition) is 1. The van der Waals surface area contributed by atoms with Crippen LogP contribution in [0.15, 0.2) is 24.3 Å². The summed E-state index contributed by atoms with van der Waals surface area (Å²) < 4.78 is 51.1. The van der Waals surface area contributed by atoms with Gasteiger partial charge in [-0.15, -0.1) is 13.2 Å². The molecule has 2 atom stereocenters. The fourth-order valence-electron chi connectivity index (χ4n) is 2.55. The second-order valence-corrected chi connectivity index (χ2v) is 6.98. The first-order valence-electron chi connectivity index (χ1n) is 8.09. The number of carbonyl (C=O) groups is 2. The Morgan fingerprint density at radius 2 is 1.67 bits per heavy atom. The number of ether oxygens (including phenoxy) is 3. The largest absolute Gasteiger partial charge is 0.573 e. The van der Waals surface area contributed by atoms with E-state index in [9.17, 15) is 27.9 Å². The average molecular weight is 391 g/mol. The Bertz CT molecular complexity index is 683. The van der Waals surface area contributed by atoms with E-state index >= 15 is 0 Å². The first kappa shape index (κ1) is 20.7. The third-order valence-corrected chi connectivity index (χ3v) is 3.54. The van der Waals surface area contributed by atoms with Gasteiger partial charge in [0.05, 0.1) is 6.54 Å². The average Bonchev–Trinajstić information content (AvgIpc) is 2.90. The summed E-state index contributed by atoms with van der Waals surface area (Å²) in [7, 11) is 0. The second kappa shape index (κ2) is 7.53. The molecule has 27 heavy (non-hydrogen) atoms. The fraction of sp³-hybridized carbons (Fsp3) is 0.529. The molecule has 10 heteroatoms. The normalized spacial score (nSPS) is 20.3. The van der Waals surface area contributed by atoms with Crippen molar-refractivity contribution in [3.05, 3.63) is 24.3 Å². The Morgan fingerprint density at radius 3 is 2.15 bits per heavy atom. The van der Waals surface area contributed by atoms with Crippen molar-refractivity contribution in [3.8, 4) is 11.5 Å². The van der Waals surface area contributed by atoms with Gasteiger partial charge < -0.3 is 19.3 Å². The van der Waals surface area contributed by atoms with Gasteiger partial charge in [-0.25, -0.2) is 9.59 Å². The smallest absolute Gasteiger partial charge is 0.488 e. The highest BCUT2D eigenvalue weighted by molar-refractivity contribution is 5.81. The van der Waals surface area contributed by atoms with Gasteiger partial charge in [0, 0.05) is 6.42 Å². The number of hydrogen-bond acceptors (Lipinski definition) is 5. The van der Waals surface area contributed by atoms with Crippen LogP contribution < -0.4 is 9.47 Å². The number of halogens is 3. The molecule has 1 aromatic rings. The lowest BCUT2D eigenvalue weighted by Crippen LogP contribution is -2.43. The molecule has 1 aromatic carbocycles. The molecule has 0 bridgehead atoms. The summed E-state index contributed by atoms with van der Waals surface area (Å²) in [5, 5.41) is 9.33. The zero-order chi connectivity index (χ0) is 20.4. The quantitative estimate of drug-likeness (QED) is 0.847. The third-order valence-electron chi connectivity index (χ3n) is 3.54. The van der Waals surface area contributed by atoms with E-state index in [4.69, 9.17) is 9.47 Å². The minimum atomic E-state index is -4.80. The van der Waals surface area contributed by atoms with E-state index < -0.39 is 41.9 Å². The second-order valence-electron chi connectivity index (χ2n) is 6.98. The number of carboxylic acid groups (broad SMARTS) is 1. The van der Waals surface area contributed by atoms with Gasteiger partial charge in [-0.3, -0.25) is 4.90 Å². The van der Waals surface area contributed by atoms with Crippen LogP contribution in [0.4, 0.5) is 18.0 Å². The van der Waals surface area contributed by atoms with Gasteiger partial charge >= 0.3 is 18.4 Å². The molecule has 1 aliphatic rings. The topological polar surface area (TPSA) is 85.3 Å². The zero-order valence-electron chi connectivity index (χ0n) is 14.9. The van der Waals surface area contributed by atoms with Crippen molar-refractivity contribution >= 4 is 12.1 Å². The van der Waals surface area contributed by atoms with Crippen LogP contribution in [0.1, 0.15) is 27.2 Å². The van der Waals surface area contributed by atoms with Gasteiger partial charge in [0.15, 0.2) is 0 Å². The molecule has 0 aromatic heterocycles. The van der Waals surface area contributed by atoms with Crippen LogP contribution in [0, 0.1) is 0 Å². The predicted molar refractivity (Wildman–Crippen MR) is 86.5 cm³/mol. The number of carbonyl (C=O) groups excluding carboxylic acids is 1. The van der Waals surface area contributed by atoms with Gasteiger partial charge in [0.25, 0.3) is 0 Å². The van der Waals surface area contributed by atoms with Crippen molar-refractivity contribution in [2.75, 3.05) is 6.54 Å². The van der Waals surface area contributed by atoms with Crippen molar-refractivity contribution in [2.24, 2.45) is 0 Å². The Kier molecular flexibility index (Phi) is 5.76. The molecule has 0 saturated carbocycles. The fourth-order valence-corrected chi connectivity index (χ4v) is 2.55. The number of rotatable bonds is 4. The van der Waals surface area contributed by atoms with E-state index in [-0.39, 0.29) is 18.7 Å². The van der Waals surface area contributed by atoms with Gasteiger partial charge in [0.1, 0.15) is 29.2 Å². The summed E-state index contributed by atoms with van der Waals surface area (Å²) in [6.45, 7) is 4.96. The summed E-state index contributed by atoms with van der Waals surface area (Å²) in [5.41, 5.74) is -0.784. The van der Waals surface area contributed by atoms with Gasteiger partial charge in [0.2, 0.25) is 0 Å².